The molecule has 6 heteroatoms. The topological polar surface area (TPSA) is 76.9 Å². The van der Waals surface area contributed by atoms with E-state index in [1.165, 1.54) is 6.42 Å². The van der Waals surface area contributed by atoms with E-state index in [0.29, 0.717) is 17.6 Å². The van der Waals surface area contributed by atoms with Crippen LogP contribution in [0.15, 0.2) is 24.3 Å². The summed E-state index contributed by atoms with van der Waals surface area (Å²) in [5.74, 6) is 1.58. The lowest BCUT2D eigenvalue weighted by atomic mass is 10.1. The molecule has 1 unspecified atom stereocenters. The fraction of sp³-hybridized carbons (Fsp3) is 0.500. The lowest BCUT2D eigenvalue weighted by Gasteiger charge is -2.33. The number of rotatable bonds is 7. The third kappa shape index (κ3) is 4.99. The van der Waals surface area contributed by atoms with Crippen LogP contribution in [0.4, 0.5) is 17.5 Å². The first kappa shape index (κ1) is 20.1. The molecule has 6 nitrogen and oxygen atoms in total. The van der Waals surface area contributed by atoms with E-state index in [1.54, 1.807) is 0 Å². The highest BCUT2D eigenvalue weighted by Gasteiger charge is 2.20. The Morgan fingerprint density at radius 1 is 1.29 bits per heavy atom. The van der Waals surface area contributed by atoms with Gasteiger partial charge in [-0.3, -0.25) is 0 Å². The number of anilines is 3. The summed E-state index contributed by atoms with van der Waals surface area (Å²) in [5.41, 5.74) is 3.54. The predicted molar refractivity (Wildman–Crippen MR) is 114 cm³/mol. The third-order valence-electron chi connectivity index (χ3n) is 5.32. The molecule has 2 heterocycles. The van der Waals surface area contributed by atoms with Crippen LogP contribution in [0.1, 0.15) is 49.4 Å². The summed E-state index contributed by atoms with van der Waals surface area (Å²) < 4.78 is 0. The molecule has 0 bridgehead atoms. The van der Waals surface area contributed by atoms with Crippen LogP contribution in [0, 0.1) is 18.3 Å². The van der Waals surface area contributed by atoms with Crippen molar-refractivity contribution < 1.29 is 0 Å². The Bertz CT molecular complexity index is 841. The van der Waals surface area contributed by atoms with E-state index in [4.69, 9.17) is 9.97 Å². The molecule has 1 aromatic carbocycles. The number of nitriles is 1. The Morgan fingerprint density at radius 2 is 2.14 bits per heavy atom. The number of piperidine rings is 1. The van der Waals surface area contributed by atoms with Crippen LogP contribution in [-0.2, 0) is 6.42 Å². The van der Waals surface area contributed by atoms with Crippen molar-refractivity contribution >= 4 is 17.5 Å². The number of nitrogens with zero attached hydrogens (tertiary/aromatic N) is 4. The van der Waals surface area contributed by atoms with Crippen LogP contribution in [0.5, 0.6) is 0 Å². The summed E-state index contributed by atoms with van der Waals surface area (Å²) in [6, 6.07) is 10.6. The first-order valence-electron chi connectivity index (χ1n) is 10.2. The summed E-state index contributed by atoms with van der Waals surface area (Å²) in [6.07, 6.45) is 5.55. The molecule has 1 fully saturated rings. The average molecular weight is 379 g/mol. The molecular weight excluding hydrogens is 348 g/mol. The summed E-state index contributed by atoms with van der Waals surface area (Å²) in [4.78, 5) is 11.9. The number of hydrogen-bond acceptors (Lipinski definition) is 6. The molecule has 0 radical (unpaired) electrons. The van der Waals surface area contributed by atoms with Crippen molar-refractivity contribution in [1.82, 2.24) is 15.3 Å². The zero-order valence-electron chi connectivity index (χ0n) is 17.1. The smallest absolute Gasteiger partial charge is 0.229 e. The molecule has 0 saturated carbocycles. The molecular formula is C22H30N6. The van der Waals surface area contributed by atoms with E-state index >= 15 is 0 Å². The van der Waals surface area contributed by atoms with Crippen molar-refractivity contribution in [2.75, 3.05) is 30.4 Å². The van der Waals surface area contributed by atoms with E-state index in [9.17, 15) is 5.26 Å². The van der Waals surface area contributed by atoms with E-state index in [-0.39, 0.29) is 0 Å². The van der Waals surface area contributed by atoms with Gasteiger partial charge in [0.1, 0.15) is 5.82 Å². The van der Waals surface area contributed by atoms with Crippen LogP contribution < -0.4 is 15.5 Å². The maximum atomic E-state index is 9.29. The van der Waals surface area contributed by atoms with Crippen LogP contribution in [-0.4, -0.2) is 36.1 Å². The molecule has 1 atom stereocenters. The van der Waals surface area contributed by atoms with E-state index in [0.717, 1.165) is 61.5 Å². The molecule has 1 saturated heterocycles. The number of benzene rings is 1. The number of aromatic nitrogens is 2. The van der Waals surface area contributed by atoms with E-state index in [1.807, 2.05) is 32.2 Å². The summed E-state index contributed by atoms with van der Waals surface area (Å²) in [5, 5.41) is 16.0. The Labute approximate surface area is 168 Å². The van der Waals surface area contributed by atoms with Gasteiger partial charge >= 0.3 is 0 Å². The van der Waals surface area contributed by atoms with Crippen LogP contribution in [0.2, 0.25) is 0 Å². The van der Waals surface area contributed by atoms with Gasteiger partial charge in [-0.2, -0.15) is 10.2 Å². The van der Waals surface area contributed by atoms with E-state index in [2.05, 4.69) is 34.6 Å². The fourth-order valence-corrected chi connectivity index (χ4v) is 3.56. The molecule has 1 aliphatic heterocycles. The summed E-state index contributed by atoms with van der Waals surface area (Å²) in [7, 11) is 2.03. The highest BCUT2D eigenvalue weighted by molar-refractivity contribution is 5.59. The molecule has 28 heavy (non-hydrogen) atoms. The maximum absolute atomic E-state index is 9.29. The zero-order chi connectivity index (χ0) is 19.9. The molecule has 1 aromatic heterocycles. The van der Waals surface area contributed by atoms with Crippen molar-refractivity contribution in [1.29, 1.82) is 5.26 Å². The standard InChI is InChI=1S/C22H30N6/c1-4-5-7-18-13-21(28-11-6-8-20(15-28)24-3)27-22(25-18)26-19-10-9-16(2)17(12-19)14-23/h9-10,12-13,20,24H,4-8,11,15H2,1-3H3,(H,25,26,27). The van der Waals surface area contributed by atoms with Gasteiger partial charge in [0, 0.05) is 36.6 Å². The zero-order valence-corrected chi connectivity index (χ0v) is 17.1. The number of hydrogen-bond donors (Lipinski definition) is 2. The van der Waals surface area contributed by atoms with Gasteiger partial charge in [0.2, 0.25) is 5.95 Å². The van der Waals surface area contributed by atoms with Crippen LogP contribution in [0.25, 0.3) is 0 Å². The van der Waals surface area contributed by atoms with E-state index < -0.39 is 0 Å². The first-order valence-corrected chi connectivity index (χ1v) is 10.2. The van der Waals surface area contributed by atoms with Crippen LogP contribution in [0.3, 0.4) is 0 Å². The molecule has 1 aliphatic rings. The minimum absolute atomic E-state index is 0.495. The minimum atomic E-state index is 0.495. The van der Waals surface area contributed by atoms with Gasteiger partial charge in [-0.25, -0.2) is 4.98 Å². The predicted octanol–water partition coefficient (Wildman–Crippen LogP) is 3.93. The second-order valence-corrected chi connectivity index (χ2v) is 7.48. The second kappa shape index (κ2) is 9.52. The lowest BCUT2D eigenvalue weighted by Crippen LogP contribution is -2.44. The minimum Gasteiger partial charge on any atom is -0.355 e. The average Bonchev–Trinajstić information content (AvgIpc) is 2.73. The van der Waals surface area contributed by atoms with Gasteiger partial charge in [0.05, 0.1) is 11.6 Å². The molecule has 148 valence electrons. The Kier molecular flexibility index (Phi) is 6.83. The molecule has 0 spiro atoms. The number of aryl methyl sites for hydroxylation is 2. The molecule has 2 aromatic rings. The quantitative estimate of drug-likeness (QED) is 0.760. The van der Waals surface area contributed by atoms with Crippen molar-refractivity contribution in [2.45, 2.75) is 52.0 Å². The maximum Gasteiger partial charge on any atom is 0.229 e. The highest BCUT2D eigenvalue weighted by atomic mass is 15.2. The van der Waals surface area contributed by atoms with Gasteiger partial charge in [0.25, 0.3) is 0 Å². The van der Waals surface area contributed by atoms with Gasteiger partial charge in [-0.15, -0.1) is 0 Å². The summed E-state index contributed by atoms with van der Waals surface area (Å²) in [6.45, 7) is 6.12. The molecule has 0 aliphatic carbocycles. The van der Waals surface area contributed by atoms with Gasteiger partial charge in [0.15, 0.2) is 0 Å². The number of likely N-dealkylation sites (N-methyl/N-ethyl adjacent to an activating group) is 1. The monoisotopic (exact) mass is 378 g/mol. The highest BCUT2D eigenvalue weighted by Crippen LogP contribution is 2.23. The number of nitrogens with one attached hydrogen (secondary N) is 2. The molecule has 3 rings (SSSR count). The third-order valence-corrected chi connectivity index (χ3v) is 5.32. The fourth-order valence-electron chi connectivity index (χ4n) is 3.56. The van der Waals surface area contributed by atoms with Crippen LogP contribution >= 0.6 is 0 Å². The normalized spacial score (nSPS) is 16.6. The first-order chi connectivity index (χ1) is 13.6. The Hall–Kier alpha value is -2.65. The van der Waals surface area contributed by atoms with Gasteiger partial charge in [-0.05, 0) is 57.4 Å². The lowest BCUT2D eigenvalue weighted by molar-refractivity contribution is 0.447. The SMILES string of the molecule is CCCCc1cc(N2CCCC(NC)C2)nc(Nc2ccc(C)c(C#N)c2)n1. The number of unbranched alkanes of at least 4 members (excludes halogenated alkanes) is 1. The summed E-state index contributed by atoms with van der Waals surface area (Å²) >= 11 is 0. The van der Waals surface area contributed by atoms with Crippen molar-refractivity contribution in [2.24, 2.45) is 0 Å². The Morgan fingerprint density at radius 3 is 2.89 bits per heavy atom. The Balaban J connectivity index is 1.88. The van der Waals surface area contributed by atoms with Crippen molar-refractivity contribution in [3.63, 3.8) is 0 Å². The molecule has 2 N–H and O–H groups in total. The second-order valence-electron chi connectivity index (χ2n) is 7.48. The van der Waals surface area contributed by atoms with Gasteiger partial charge < -0.3 is 15.5 Å². The van der Waals surface area contributed by atoms with Crippen molar-refractivity contribution in [3.05, 3.63) is 41.1 Å². The molecule has 0 amide bonds. The largest absolute Gasteiger partial charge is 0.355 e. The van der Waals surface area contributed by atoms with Crippen molar-refractivity contribution in [3.8, 4) is 6.07 Å². The van der Waals surface area contributed by atoms with Gasteiger partial charge in [-0.1, -0.05) is 19.4 Å².